The summed E-state index contributed by atoms with van der Waals surface area (Å²) in [6.45, 7) is 7.90. The van der Waals surface area contributed by atoms with Crippen LogP contribution in [0.4, 0.5) is 0 Å². The second kappa shape index (κ2) is 6.50. The maximum atomic E-state index is 12.2. The van der Waals surface area contributed by atoms with Gasteiger partial charge in [-0.2, -0.15) is 0 Å². The van der Waals surface area contributed by atoms with Gasteiger partial charge in [-0.15, -0.1) is 0 Å². The third-order valence-corrected chi connectivity index (χ3v) is 5.40. The topological polar surface area (TPSA) is 40.6 Å². The lowest BCUT2D eigenvalue weighted by Crippen LogP contribution is -2.47. The molecule has 106 valence electrons. The molecule has 2 rings (SSSR count). The van der Waals surface area contributed by atoms with Crippen molar-refractivity contribution in [1.82, 2.24) is 9.80 Å². The average Bonchev–Trinajstić information content (AvgIpc) is 2.47. The zero-order chi connectivity index (χ0) is 13.7. The second-order valence-corrected chi connectivity index (χ2v) is 7.02. The summed E-state index contributed by atoms with van der Waals surface area (Å²) in [5.74, 6) is 0.211. The highest BCUT2D eigenvalue weighted by Gasteiger charge is 2.19. The third-order valence-electron chi connectivity index (χ3n) is 3.69. The summed E-state index contributed by atoms with van der Waals surface area (Å²) >= 11 is 0. The van der Waals surface area contributed by atoms with Gasteiger partial charge in [0, 0.05) is 32.7 Å². The van der Waals surface area contributed by atoms with Gasteiger partial charge in [0.2, 0.25) is 0 Å². The van der Waals surface area contributed by atoms with Gasteiger partial charge in [0.25, 0.3) is 0 Å². The van der Waals surface area contributed by atoms with Crippen molar-refractivity contribution in [2.45, 2.75) is 11.8 Å². The van der Waals surface area contributed by atoms with E-state index in [-0.39, 0.29) is 5.75 Å². The minimum Gasteiger partial charge on any atom is -0.301 e. The summed E-state index contributed by atoms with van der Waals surface area (Å²) in [6.07, 6.45) is 0. The molecule has 0 unspecified atom stereocenters. The summed E-state index contributed by atoms with van der Waals surface area (Å²) in [5, 5.41) is 0. The number of hydrogen-bond donors (Lipinski definition) is 0. The third kappa shape index (κ3) is 4.03. The molecular weight excluding hydrogens is 260 g/mol. The van der Waals surface area contributed by atoms with Crippen molar-refractivity contribution >= 4 is 9.84 Å². The fraction of sp³-hybridized carbons (Fsp3) is 0.571. The summed E-state index contributed by atoms with van der Waals surface area (Å²) in [4.78, 5) is 5.07. The van der Waals surface area contributed by atoms with Crippen molar-refractivity contribution in [3.05, 3.63) is 30.3 Å². The van der Waals surface area contributed by atoms with Gasteiger partial charge in [-0.05, 0) is 18.7 Å². The zero-order valence-electron chi connectivity index (χ0n) is 11.5. The Labute approximate surface area is 115 Å². The van der Waals surface area contributed by atoms with Gasteiger partial charge in [0.1, 0.15) is 0 Å². The molecule has 1 heterocycles. The van der Waals surface area contributed by atoms with Crippen LogP contribution in [0.25, 0.3) is 0 Å². The van der Waals surface area contributed by atoms with E-state index < -0.39 is 9.84 Å². The summed E-state index contributed by atoms with van der Waals surface area (Å²) in [7, 11) is -3.13. The molecule has 0 N–H and O–H groups in total. The molecule has 1 fully saturated rings. The van der Waals surface area contributed by atoms with Gasteiger partial charge in [0.05, 0.1) is 10.6 Å². The standard InChI is InChI=1S/C14H22N2O2S/c1-2-15-8-10-16(11-9-15)12-13-19(17,18)14-6-4-3-5-7-14/h3-7H,2,8-13H2,1H3. The molecule has 0 saturated carbocycles. The van der Waals surface area contributed by atoms with Gasteiger partial charge in [-0.3, -0.25) is 4.90 Å². The van der Waals surface area contributed by atoms with Crippen LogP contribution in [-0.2, 0) is 9.84 Å². The lowest BCUT2D eigenvalue weighted by Gasteiger charge is -2.33. The molecule has 1 aromatic carbocycles. The van der Waals surface area contributed by atoms with Crippen LogP contribution in [-0.4, -0.2) is 63.2 Å². The fourth-order valence-electron chi connectivity index (χ4n) is 2.32. The molecule has 1 aliphatic rings. The molecule has 0 atom stereocenters. The van der Waals surface area contributed by atoms with Crippen molar-refractivity contribution in [1.29, 1.82) is 0 Å². The minimum absolute atomic E-state index is 0.211. The van der Waals surface area contributed by atoms with Gasteiger partial charge < -0.3 is 4.90 Å². The van der Waals surface area contributed by atoms with Crippen molar-refractivity contribution < 1.29 is 8.42 Å². The second-order valence-electron chi connectivity index (χ2n) is 4.91. The largest absolute Gasteiger partial charge is 0.301 e. The van der Waals surface area contributed by atoms with E-state index in [0.717, 1.165) is 32.7 Å². The molecule has 1 aliphatic heterocycles. The van der Waals surface area contributed by atoms with E-state index in [9.17, 15) is 8.42 Å². The molecule has 1 saturated heterocycles. The van der Waals surface area contributed by atoms with Crippen molar-refractivity contribution in [2.75, 3.05) is 45.0 Å². The van der Waals surface area contributed by atoms with Gasteiger partial charge in [-0.25, -0.2) is 8.42 Å². The minimum atomic E-state index is -3.13. The maximum absolute atomic E-state index is 12.2. The van der Waals surface area contributed by atoms with Crippen LogP contribution in [0.1, 0.15) is 6.92 Å². The Morgan fingerprint density at radius 3 is 2.16 bits per heavy atom. The van der Waals surface area contributed by atoms with Crippen LogP contribution in [0.3, 0.4) is 0 Å². The van der Waals surface area contributed by atoms with Crippen LogP contribution in [0, 0.1) is 0 Å². The molecule has 0 amide bonds. The number of piperazine rings is 1. The first-order chi connectivity index (χ1) is 9.12. The Bertz CT molecular complexity index is 479. The van der Waals surface area contributed by atoms with Crippen molar-refractivity contribution in [3.63, 3.8) is 0 Å². The molecule has 0 bridgehead atoms. The predicted molar refractivity (Wildman–Crippen MR) is 77.0 cm³/mol. The molecule has 0 aliphatic carbocycles. The SMILES string of the molecule is CCN1CCN(CCS(=O)(=O)c2ccccc2)CC1. The molecule has 5 heteroatoms. The van der Waals surface area contributed by atoms with Crippen molar-refractivity contribution in [3.8, 4) is 0 Å². The Balaban J connectivity index is 1.86. The Hall–Kier alpha value is -0.910. The summed E-state index contributed by atoms with van der Waals surface area (Å²) in [5.41, 5.74) is 0. The van der Waals surface area contributed by atoms with E-state index in [1.165, 1.54) is 0 Å². The first-order valence-electron chi connectivity index (χ1n) is 6.84. The number of rotatable bonds is 5. The van der Waals surface area contributed by atoms with E-state index >= 15 is 0 Å². The first-order valence-corrected chi connectivity index (χ1v) is 8.49. The molecule has 0 spiro atoms. The van der Waals surface area contributed by atoms with Gasteiger partial charge in [0.15, 0.2) is 9.84 Å². The van der Waals surface area contributed by atoms with Crippen LogP contribution in [0.5, 0.6) is 0 Å². The van der Waals surface area contributed by atoms with Crippen LogP contribution in [0.15, 0.2) is 35.2 Å². The lowest BCUT2D eigenvalue weighted by molar-refractivity contribution is 0.143. The maximum Gasteiger partial charge on any atom is 0.179 e. The highest BCUT2D eigenvalue weighted by molar-refractivity contribution is 7.91. The van der Waals surface area contributed by atoms with Crippen LogP contribution >= 0.6 is 0 Å². The average molecular weight is 282 g/mol. The van der Waals surface area contributed by atoms with E-state index in [0.29, 0.717) is 11.4 Å². The number of hydrogen-bond acceptors (Lipinski definition) is 4. The van der Waals surface area contributed by atoms with Gasteiger partial charge >= 0.3 is 0 Å². The lowest BCUT2D eigenvalue weighted by atomic mass is 10.3. The molecule has 19 heavy (non-hydrogen) atoms. The summed E-state index contributed by atoms with van der Waals surface area (Å²) in [6, 6.07) is 8.72. The molecular formula is C14H22N2O2S. The monoisotopic (exact) mass is 282 g/mol. The van der Waals surface area contributed by atoms with E-state index in [1.807, 2.05) is 6.07 Å². The van der Waals surface area contributed by atoms with E-state index in [4.69, 9.17) is 0 Å². The smallest absolute Gasteiger partial charge is 0.179 e. The normalized spacial score (nSPS) is 18.6. The zero-order valence-corrected chi connectivity index (χ0v) is 12.3. The molecule has 4 nitrogen and oxygen atoms in total. The number of nitrogens with zero attached hydrogens (tertiary/aromatic N) is 2. The highest BCUT2D eigenvalue weighted by atomic mass is 32.2. The number of benzene rings is 1. The first kappa shape index (κ1) is 14.5. The van der Waals surface area contributed by atoms with Crippen molar-refractivity contribution in [2.24, 2.45) is 0 Å². The number of sulfone groups is 1. The Kier molecular flexibility index (Phi) is 4.96. The van der Waals surface area contributed by atoms with Crippen LogP contribution < -0.4 is 0 Å². The molecule has 0 radical (unpaired) electrons. The predicted octanol–water partition coefficient (Wildman–Crippen LogP) is 1.10. The highest BCUT2D eigenvalue weighted by Crippen LogP contribution is 2.11. The van der Waals surface area contributed by atoms with Crippen LogP contribution in [0.2, 0.25) is 0 Å². The fourth-order valence-corrected chi connectivity index (χ4v) is 3.63. The molecule has 0 aromatic heterocycles. The van der Waals surface area contributed by atoms with E-state index in [2.05, 4.69) is 16.7 Å². The summed E-state index contributed by atoms with van der Waals surface area (Å²) < 4.78 is 24.3. The molecule has 1 aromatic rings. The van der Waals surface area contributed by atoms with E-state index in [1.54, 1.807) is 24.3 Å². The quantitative estimate of drug-likeness (QED) is 0.811. The Morgan fingerprint density at radius 2 is 1.58 bits per heavy atom. The Morgan fingerprint density at radius 1 is 1.00 bits per heavy atom. The van der Waals surface area contributed by atoms with Gasteiger partial charge in [-0.1, -0.05) is 25.1 Å². The number of likely N-dealkylation sites (N-methyl/N-ethyl adjacent to an activating group) is 1.